The Balaban J connectivity index is 2.54. The van der Waals surface area contributed by atoms with Crippen molar-refractivity contribution < 1.29 is 9.53 Å². The van der Waals surface area contributed by atoms with E-state index in [0.717, 1.165) is 16.4 Å². The van der Waals surface area contributed by atoms with Crippen molar-refractivity contribution in [3.8, 4) is 5.69 Å². The molecular weight excluding hydrogens is 286 g/mol. The van der Waals surface area contributed by atoms with Crippen LogP contribution in [0.5, 0.6) is 0 Å². The molecule has 6 heteroatoms. The van der Waals surface area contributed by atoms with Gasteiger partial charge in [0.05, 0.1) is 6.61 Å². The third-order valence-electron chi connectivity index (χ3n) is 3.08. The molecule has 112 valence electrons. The molecule has 0 unspecified atom stereocenters. The second-order valence-electron chi connectivity index (χ2n) is 4.37. The minimum Gasteiger partial charge on any atom is -0.461 e. The van der Waals surface area contributed by atoms with Crippen molar-refractivity contribution in [3.63, 3.8) is 0 Å². The van der Waals surface area contributed by atoms with Gasteiger partial charge in [0, 0.05) is 17.0 Å². The van der Waals surface area contributed by atoms with Gasteiger partial charge in [-0.15, -0.1) is 11.8 Å². The summed E-state index contributed by atoms with van der Waals surface area (Å²) in [6.07, 6.45) is 2.69. The lowest BCUT2D eigenvalue weighted by atomic mass is 10.3. The molecule has 0 aliphatic rings. The molecule has 0 saturated carbocycles. The predicted molar refractivity (Wildman–Crippen MR) is 85.1 cm³/mol. The van der Waals surface area contributed by atoms with Crippen molar-refractivity contribution in [1.29, 1.82) is 0 Å². The molecule has 0 fully saturated rings. The van der Waals surface area contributed by atoms with E-state index in [2.05, 4.69) is 4.98 Å². The summed E-state index contributed by atoms with van der Waals surface area (Å²) in [6.45, 7) is 4.04. The summed E-state index contributed by atoms with van der Waals surface area (Å²) < 4.78 is 6.81. The number of esters is 1. The fraction of sp³-hybridized carbons (Fsp3) is 0.333. The second-order valence-corrected chi connectivity index (χ2v) is 5.25. The van der Waals surface area contributed by atoms with Crippen LogP contribution in [0.2, 0.25) is 0 Å². The first-order valence-corrected chi connectivity index (χ1v) is 8.03. The van der Waals surface area contributed by atoms with Crippen LogP contribution < -0.4 is 5.73 Å². The summed E-state index contributed by atoms with van der Waals surface area (Å²) in [7, 11) is 0. The average Bonchev–Trinajstić information content (AvgIpc) is 2.84. The number of aromatic nitrogens is 2. The van der Waals surface area contributed by atoms with Gasteiger partial charge in [-0.1, -0.05) is 13.0 Å². The summed E-state index contributed by atoms with van der Waals surface area (Å²) in [5, 5.41) is 0. The van der Waals surface area contributed by atoms with Crippen LogP contribution in [0, 0.1) is 0 Å². The van der Waals surface area contributed by atoms with Crippen molar-refractivity contribution in [1.82, 2.24) is 9.55 Å². The monoisotopic (exact) mass is 305 g/mol. The molecule has 0 aliphatic carbocycles. The largest absolute Gasteiger partial charge is 0.461 e. The van der Waals surface area contributed by atoms with E-state index in [1.165, 1.54) is 0 Å². The van der Waals surface area contributed by atoms with E-state index < -0.39 is 5.97 Å². The number of benzene rings is 1. The average molecular weight is 305 g/mol. The number of carbonyl (C=O) groups is 1. The Morgan fingerprint density at radius 2 is 2.19 bits per heavy atom. The third kappa shape index (κ3) is 3.05. The molecule has 0 spiro atoms. The number of imidazole rings is 1. The Bertz CT molecular complexity index is 652. The number of hydrogen-bond donors (Lipinski definition) is 1. The number of rotatable bonds is 5. The Morgan fingerprint density at radius 1 is 1.43 bits per heavy atom. The molecule has 21 heavy (non-hydrogen) atoms. The van der Waals surface area contributed by atoms with E-state index in [9.17, 15) is 4.79 Å². The topological polar surface area (TPSA) is 70.1 Å². The van der Waals surface area contributed by atoms with Gasteiger partial charge >= 0.3 is 5.97 Å². The maximum absolute atomic E-state index is 11.9. The Hall–Kier alpha value is -1.95. The molecule has 2 rings (SSSR count). The van der Waals surface area contributed by atoms with Gasteiger partial charge in [-0.05, 0) is 31.4 Å². The lowest BCUT2D eigenvalue weighted by molar-refractivity contribution is 0.0521. The van der Waals surface area contributed by atoms with Gasteiger partial charge in [-0.25, -0.2) is 9.78 Å². The first kappa shape index (κ1) is 15.4. The van der Waals surface area contributed by atoms with Crippen LogP contribution in [0.4, 0.5) is 5.82 Å². The molecular formula is C15H19N3O2S. The summed E-state index contributed by atoms with van der Waals surface area (Å²) in [5.41, 5.74) is 7.21. The predicted octanol–water partition coefficient (Wildman–Crippen LogP) is 2.92. The number of nitrogens with two attached hydrogens (primary N) is 1. The number of hydrogen-bond acceptors (Lipinski definition) is 5. The fourth-order valence-corrected chi connectivity index (χ4v) is 2.56. The molecule has 0 radical (unpaired) electrons. The summed E-state index contributed by atoms with van der Waals surface area (Å²) in [6, 6.07) is 7.96. The highest BCUT2D eigenvalue weighted by molar-refractivity contribution is 7.98. The summed E-state index contributed by atoms with van der Waals surface area (Å²) >= 11 is 1.65. The van der Waals surface area contributed by atoms with Crippen LogP contribution in [-0.2, 0) is 11.2 Å². The minimum absolute atomic E-state index is 0.184. The van der Waals surface area contributed by atoms with Crippen LogP contribution >= 0.6 is 11.8 Å². The van der Waals surface area contributed by atoms with Crippen LogP contribution in [0.3, 0.4) is 0 Å². The molecule has 1 heterocycles. The summed E-state index contributed by atoms with van der Waals surface area (Å²) in [4.78, 5) is 17.4. The smallest absolute Gasteiger partial charge is 0.360 e. The highest BCUT2D eigenvalue weighted by Crippen LogP contribution is 2.25. The van der Waals surface area contributed by atoms with Crippen molar-refractivity contribution >= 4 is 23.5 Å². The van der Waals surface area contributed by atoms with Gasteiger partial charge in [0.1, 0.15) is 11.6 Å². The fourth-order valence-electron chi connectivity index (χ4n) is 2.11. The van der Waals surface area contributed by atoms with Crippen molar-refractivity contribution in [3.05, 3.63) is 35.8 Å². The Kier molecular flexibility index (Phi) is 4.90. The Morgan fingerprint density at radius 3 is 2.81 bits per heavy atom. The molecule has 5 nitrogen and oxygen atoms in total. The first-order chi connectivity index (χ1) is 10.1. The highest BCUT2D eigenvalue weighted by atomic mass is 32.2. The minimum atomic E-state index is -0.482. The van der Waals surface area contributed by atoms with Crippen LogP contribution in [0.15, 0.2) is 29.2 Å². The molecule has 0 amide bonds. The van der Waals surface area contributed by atoms with E-state index in [-0.39, 0.29) is 5.69 Å². The maximum Gasteiger partial charge on any atom is 0.360 e. The van der Waals surface area contributed by atoms with Gasteiger partial charge in [-0.3, -0.25) is 4.57 Å². The van der Waals surface area contributed by atoms with E-state index in [1.54, 1.807) is 18.7 Å². The lowest BCUT2D eigenvalue weighted by Gasteiger charge is -2.10. The molecule has 0 aliphatic heterocycles. The zero-order valence-corrected chi connectivity index (χ0v) is 13.2. The SMILES string of the molecule is CCOC(=O)c1nc(CC)n(-c2cccc(SC)c2)c1N. The number of aryl methyl sites for hydroxylation is 1. The van der Waals surface area contributed by atoms with Crippen LogP contribution in [0.25, 0.3) is 5.69 Å². The number of ether oxygens (including phenoxy) is 1. The van der Waals surface area contributed by atoms with Crippen molar-refractivity contribution in [2.45, 2.75) is 25.2 Å². The van der Waals surface area contributed by atoms with Gasteiger partial charge in [0.25, 0.3) is 0 Å². The standard InChI is InChI=1S/C15H19N3O2S/c1-4-12-17-13(15(19)20-5-2)14(16)18(12)10-7-6-8-11(9-10)21-3/h6-9H,4-5,16H2,1-3H3. The van der Waals surface area contributed by atoms with Crippen molar-refractivity contribution in [2.24, 2.45) is 0 Å². The number of anilines is 1. The molecule has 0 atom stereocenters. The molecule has 2 N–H and O–H groups in total. The second kappa shape index (κ2) is 6.67. The molecule has 0 bridgehead atoms. The first-order valence-electron chi connectivity index (χ1n) is 6.81. The van der Waals surface area contributed by atoms with Crippen LogP contribution in [0.1, 0.15) is 30.2 Å². The molecule has 0 saturated heterocycles. The number of nitrogens with zero attached hydrogens (tertiary/aromatic N) is 2. The van der Waals surface area contributed by atoms with E-state index in [4.69, 9.17) is 10.5 Å². The van der Waals surface area contributed by atoms with E-state index in [0.29, 0.717) is 18.8 Å². The number of carbonyl (C=O) groups excluding carboxylic acids is 1. The molecule has 1 aromatic heterocycles. The zero-order chi connectivity index (χ0) is 15.4. The third-order valence-corrected chi connectivity index (χ3v) is 3.80. The quantitative estimate of drug-likeness (QED) is 0.679. The number of thioether (sulfide) groups is 1. The molecule has 1 aromatic carbocycles. The lowest BCUT2D eigenvalue weighted by Crippen LogP contribution is -2.09. The number of nitrogen functional groups attached to an aromatic ring is 1. The van der Waals surface area contributed by atoms with E-state index in [1.807, 2.05) is 42.0 Å². The highest BCUT2D eigenvalue weighted by Gasteiger charge is 2.21. The molecule has 2 aromatic rings. The summed E-state index contributed by atoms with van der Waals surface area (Å²) in [5.74, 6) is 0.585. The van der Waals surface area contributed by atoms with E-state index >= 15 is 0 Å². The zero-order valence-electron chi connectivity index (χ0n) is 12.4. The van der Waals surface area contributed by atoms with Crippen molar-refractivity contribution in [2.75, 3.05) is 18.6 Å². The van der Waals surface area contributed by atoms with Gasteiger partial charge in [0.15, 0.2) is 5.69 Å². The maximum atomic E-state index is 11.9. The van der Waals surface area contributed by atoms with Gasteiger partial charge in [0.2, 0.25) is 0 Å². The normalized spacial score (nSPS) is 10.6. The van der Waals surface area contributed by atoms with Crippen LogP contribution in [-0.4, -0.2) is 28.4 Å². The Labute approximate surface area is 128 Å². The van der Waals surface area contributed by atoms with Gasteiger partial charge < -0.3 is 10.5 Å². The van der Waals surface area contributed by atoms with Gasteiger partial charge in [-0.2, -0.15) is 0 Å².